The molecule has 0 aliphatic carbocycles. The fourth-order valence-corrected chi connectivity index (χ4v) is 2.81. The number of hydrogen-bond donors (Lipinski definition) is 0. The molecule has 0 N–H and O–H groups in total. The number of hydrogen-bond acceptors (Lipinski definition) is 4. The van der Waals surface area contributed by atoms with E-state index in [1.165, 1.54) is 31.3 Å². The Kier molecular flexibility index (Phi) is 14.2. The molecule has 0 radical (unpaired) electrons. The lowest BCUT2D eigenvalue weighted by Crippen LogP contribution is -2.28. The molecule has 0 saturated heterocycles. The maximum atomic E-state index is 11.9. The number of unbranched alkanes of at least 4 members (excludes halogenated alkanes) is 3. The molecule has 0 aliphatic rings. The Labute approximate surface area is 154 Å². The molecule has 1 atom stereocenters. The molecule has 0 amide bonds. The molecule has 0 heterocycles. The van der Waals surface area contributed by atoms with Gasteiger partial charge < -0.3 is 9.47 Å². The molecule has 0 saturated carbocycles. The molecule has 4 nitrogen and oxygen atoms in total. The number of ether oxygens (including phenoxy) is 2. The van der Waals surface area contributed by atoms with E-state index >= 15 is 0 Å². The lowest BCUT2D eigenvalue weighted by molar-refractivity contribution is -0.161. The van der Waals surface area contributed by atoms with Gasteiger partial charge in [-0.25, -0.2) is 0 Å². The molecular formula is C21H38O4. The fourth-order valence-electron chi connectivity index (χ4n) is 2.81. The van der Waals surface area contributed by atoms with Gasteiger partial charge in [-0.05, 0) is 52.9 Å². The highest BCUT2D eigenvalue weighted by Gasteiger charge is 2.28. The van der Waals surface area contributed by atoms with Gasteiger partial charge in [0.15, 0.2) is 5.92 Å². The number of rotatable bonds is 14. The van der Waals surface area contributed by atoms with Crippen molar-refractivity contribution in [3.8, 4) is 0 Å². The van der Waals surface area contributed by atoms with Crippen LogP contribution < -0.4 is 0 Å². The predicted octanol–water partition coefficient (Wildman–Crippen LogP) is 5.45. The predicted molar refractivity (Wildman–Crippen MR) is 102 cm³/mol. The third kappa shape index (κ3) is 12.7. The summed E-state index contributed by atoms with van der Waals surface area (Å²) in [5, 5.41) is 0. The fraction of sp³-hybridized carbons (Fsp3) is 0.810. The van der Waals surface area contributed by atoms with Gasteiger partial charge >= 0.3 is 11.9 Å². The van der Waals surface area contributed by atoms with Gasteiger partial charge in [-0.3, -0.25) is 9.59 Å². The summed E-state index contributed by atoms with van der Waals surface area (Å²) in [5.74, 6) is -0.909. The second-order valence-electron chi connectivity index (χ2n) is 7.01. The van der Waals surface area contributed by atoms with Crippen molar-refractivity contribution in [1.82, 2.24) is 0 Å². The Hall–Kier alpha value is -1.32. The summed E-state index contributed by atoms with van der Waals surface area (Å²) in [6.07, 6.45) is 10.7. The molecule has 0 spiro atoms. The summed E-state index contributed by atoms with van der Waals surface area (Å²) in [6.45, 7) is 10.7. The molecule has 0 aliphatic heterocycles. The van der Waals surface area contributed by atoms with Crippen LogP contribution in [0.1, 0.15) is 86.0 Å². The van der Waals surface area contributed by atoms with Crippen LogP contribution in [0.5, 0.6) is 0 Å². The zero-order chi connectivity index (χ0) is 19.1. The highest BCUT2D eigenvalue weighted by Crippen LogP contribution is 2.19. The van der Waals surface area contributed by atoms with E-state index in [9.17, 15) is 9.59 Å². The normalized spacial score (nSPS) is 11.9. The standard InChI is InChI=1S/C21H38O4/c1-6-24-20(22)19(21(23)25-7-2)16-11-9-8-10-14-18(5)15-12-13-17(3)4/h13,18-19H,6-12,14-16H2,1-5H3/t18-/m0/s1. The van der Waals surface area contributed by atoms with E-state index in [0.29, 0.717) is 19.6 Å². The summed E-state index contributed by atoms with van der Waals surface area (Å²) >= 11 is 0. The third-order valence-electron chi connectivity index (χ3n) is 4.29. The number of esters is 2. The van der Waals surface area contributed by atoms with Gasteiger partial charge in [-0.15, -0.1) is 0 Å². The maximum absolute atomic E-state index is 11.9. The largest absolute Gasteiger partial charge is 0.465 e. The summed E-state index contributed by atoms with van der Waals surface area (Å²) in [7, 11) is 0. The minimum absolute atomic E-state index is 0.291. The minimum Gasteiger partial charge on any atom is -0.465 e. The SMILES string of the molecule is CCOC(=O)C(CCCCCC[C@H](C)CCC=C(C)C)C(=O)OCC. The van der Waals surface area contributed by atoms with E-state index in [-0.39, 0.29) is 0 Å². The van der Waals surface area contributed by atoms with Crippen molar-refractivity contribution in [3.05, 3.63) is 11.6 Å². The molecule has 0 fully saturated rings. The van der Waals surface area contributed by atoms with Gasteiger partial charge in [0, 0.05) is 0 Å². The van der Waals surface area contributed by atoms with E-state index in [1.807, 2.05) is 0 Å². The Morgan fingerprint density at radius 1 is 0.840 bits per heavy atom. The van der Waals surface area contributed by atoms with Crippen molar-refractivity contribution in [2.75, 3.05) is 13.2 Å². The van der Waals surface area contributed by atoms with Crippen LogP contribution in [0.4, 0.5) is 0 Å². The quantitative estimate of drug-likeness (QED) is 0.180. The average Bonchev–Trinajstić information content (AvgIpc) is 2.54. The van der Waals surface area contributed by atoms with E-state index < -0.39 is 17.9 Å². The smallest absolute Gasteiger partial charge is 0.320 e. The number of carbonyl (C=O) groups is 2. The Morgan fingerprint density at radius 3 is 1.84 bits per heavy atom. The van der Waals surface area contributed by atoms with Crippen LogP contribution in [0, 0.1) is 11.8 Å². The summed E-state index contributed by atoms with van der Waals surface area (Å²) < 4.78 is 9.98. The summed E-state index contributed by atoms with van der Waals surface area (Å²) in [6, 6.07) is 0. The molecule has 25 heavy (non-hydrogen) atoms. The average molecular weight is 355 g/mol. The first-order valence-electron chi connectivity index (χ1n) is 9.88. The van der Waals surface area contributed by atoms with Gasteiger partial charge in [0.05, 0.1) is 13.2 Å². The van der Waals surface area contributed by atoms with Gasteiger partial charge in [0.2, 0.25) is 0 Å². The first-order chi connectivity index (χ1) is 11.9. The van der Waals surface area contributed by atoms with E-state index in [4.69, 9.17) is 9.47 Å². The lowest BCUT2D eigenvalue weighted by atomic mass is 9.96. The molecule has 0 bridgehead atoms. The molecule has 4 heteroatoms. The van der Waals surface area contributed by atoms with Crippen LogP contribution >= 0.6 is 0 Å². The first-order valence-corrected chi connectivity index (χ1v) is 9.88. The zero-order valence-electron chi connectivity index (χ0n) is 16.9. The molecule has 0 aromatic rings. The van der Waals surface area contributed by atoms with Crippen LogP contribution in [0.25, 0.3) is 0 Å². The Balaban J connectivity index is 3.95. The second-order valence-corrected chi connectivity index (χ2v) is 7.01. The monoisotopic (exact) mass is 354 g/mol. The topological polar surface area (TPSA) is 52.6 Å². The van der Waals surface area contributed by atoms with Gasteiger partial charge in [-0.1, -0.05) is 50.7 Å². The third-order valence-corrected chi connectivity index (χ3v) is 4.29. The summed E-state index contributed by atoms with van der Waals surface area (Å²) in [5.41, 5.74) is 1.39. The van der Waals surface area contributed by atoms with Crippen molar-refractivity contribution >= 4 is 11.9 Å². The van der Waals surface area contributed by atoms with Crippen molar-refractivity contribution < 1.29 is 19.1 Å². The van der Waals surface area contributed by atoms with Crippen LogP contribution in [0.15, 0.2) is 11.6 Å². The van der Waals surface area contributed by atoms with Crippen molar-refractivity contribution in [1.29, 1.82) is 0 Å². The van der Waals surface area contributed by atoms with Crippen molar-refractivity contribution in [3.63, 3.8) is 0 Å². The molecule has 0 unspecified atom stereocenters. The first kappa shape index (κ1) is 23.7. The molecule has 0 rings (SSSR count). The highest BCUT2D eigenvalue weighted by atomic mass is 16.6. The molecule has 146 valence electrons. The Bertz CT molecular complexity index is 379. The van der Waals surface area contributed by atoms with Gasteiger partial charge in [-0.2, -0.15) is 0 Å². The zero-order valence-corrected chi connectivity index (χ0v) is 16.9. The second kappa shape index (κ2) is 15.0. The number of allylic oxidation sites excluding steroid dienone is 2. The maximum Gasteiger partial charge on any atom is 0.320 e. The molecule has 0 aromatic heterocycles. The van der Waals surface area contributed by atoms with Crippen LogP contribution in [0.2, 0.25) is 0 Å². The molecular weight excluding hydrogens is 316 g/mol. The van der Waals surface area contributed by atoms with Crippen LogP contribution in [-0.2, 0) is 19.1 Å². The lowest BCUT2D eigenvalue weighted by Gasteiger charge is -2.14. The molecule has 0 aromatic carbocycles. The van der Waals surface area contributed by atoms with Crippen LogP contribution in [-0.4, -0.2) is 25.2 Å². The van der Waals surface area contributed by atoms with Crippen molar-refractivity contribution in [2.24, 2.45) is 11.8 Å². The van der Waals surface area contributed by atoms with E-state index in [0.717, 1.165) is 25.2 Å². The van der Waals surface area contributed by atoms with Crippen molar-refractivity contribution in [2.45, 2.75) is 86.0 Å². The van der Waals surface area contributed by atoms with E-state index in [1.54, 1.807) is 13.8 Å². The Morgan fingerprint density at radius 2 is 1.36 bits per heavy atom. The minimum atomic E-state index is -0.761. The van der Waals surface area contributed by atoms with Gasteiger partial charge in [0.25, 0.3) is 0 Å². The highest BCUT2D eigenvalue weighted by molar-refractivity contribution is 5.94. The van der Waals surface area contributed by atoms with Gasteiger partial charge in [0.1, 0.15) is 0 Å². The number of carbonyl (C=O) groups excluding carboxylic acids is 2. The van der Waals surface area contributed by atoms with E-state index in [2.05, 4.69) is 26.8 Å². The van der Waals surface area contributed by atoms with Crippen LogP contribution in [0.3, 0.4) is 0 Å². The summed E-state index contributed by atoms with van der Waals surface area (Å²) in [4.78, 5) is 23.8.